The van der Waals surface area contributed by atoms with Gasteiger partial charge in [0.2, 0.25) is 0 Å². The summed E-state index contributed by atoms with van der Waals surface area (Å²) in [6, 6.07) is 0. The monoisotopic (exact) mass is 724 g/mol. The van der Waals surface area contributed by atoms with Gasteiger partial charge in [-0.1, -0.05) is 0 Å². The van der Waals surface area contributed by atoms with Crippen molar-refractivity contribution >= 4 is 7.60 Å². The van der Waals surface area contributed by atoms with Gasteiger partial charge in [0.05, 0.1) is 0 Å². The first-order valence-corrected chi connectivity index (χ1v) is 11.5. The highest BCUT2D eigenvalue weighted by Crippen LogP contribution is 2.61. The van der Waals surface area contributed by atoms with Crippen molar-refractivity contribution in [3.8, 4) is 0 Å². The van der Waals surface area contributed by atoms with E-state index < -0.39 is 99.6 Å². The molecule has 0 saturated heterocycles. The molecule has 0 fully saturated rings. The predicted molar refractivity (Wildman–Crippen MR) is 86.9 cm³/mol. The van der Waals surface area contributed by atoms with Crippen molar-refractivity contribution in [3.63, 3.8) is 0 Å². The average molecular weight is 724 g/mol. The first kappa shape index (κ1) is 41.5. The Morgan fingerprint density at radius 2 is 0.651 bits per heavy atom. The molecule has 0 radical (unpaired) electrons. The Morgan fingerprint density at radius 1 is 0.442 bits per heavy atom. The van der Waals surface area contributed by atoms with Gasteiger partial charge in [-0.25, -0.2) is 17.6 Å². The summed E-state index contributed by atoms with van der Waals surface area (Å²) in [5.74, 6) is -77.4. The van der Waals surface area contributed by atoms with E-state index in [0.717, 1.165) is 0 Å². The van der Waals surface area contributed by atoms with Crippen LogP contribution < -0.4 is 0 Å². The molecule has 0 saturated carbocycles. The molecule has 0 unspecified atom stereocenters. The molecule has 0 rings (SSSR count). The van der Waals surface area contributed by atoms with Crippen LogP contribution in [0.25, 0.3) is 0 Å². The Balaban J connectivity index is 6.10. The van der Waals surface area contributed by atoms with Crippen molar-refractivity contribution in [2.24, 2.45) is 0 Å². The van der Waals surface area contributed by atoms with Crippen molar-refractivity contribution in [2.45, 2.75) is 72.1 Å². The van der Waals surface area contributed by atoms with Crippen LogP contribution >= 0.6 is 7.60 Å². The molecule has 0 aliphatic carbocycles. The maximum Gasteiger partial charge on any atom is 0.384 e. The van der Waals surface area contributed by atoms with E-state index in [9.17, 15) is 110 Å². The minimum atomic E-state index is -8.18. The van der Waals surface area contributed by atoms with E-state index in [-0.39, 0.29) is 0 Å². The lowest BCUT2D eigenvalue weighted by Gasteiger charge is -2.39. The molecule has 43 heavy (non-hydrogen) atoms. The molecule has 0 aromatic carbocycles. The van der Waals surface area contributed by atoms with E-state index in [1.165, 1.54) is 0 Å². The zero-order valence-corrected chi connectivity index (χ0v) is 20.2. The molecule has 0 N–H and O–H groups in total. The van der Waals surface area contributed by atoms with Crippen molar-refractivity contribution in [2.75, 3.05) is 19.9 Å². The summed E-state index contributed by atoms with van der Waals surface area (Å²) in [6.07, 6.45) is -11.8. The Labute approximate surface area is 220 Å². The molecule has 0 aromatic rings. The van der Waals surface area contributed by atoms with Gasteiger partial charge >= 0.3 is 79.7 Å². The normalized spacial score (nSPS) is 16.4. The minimum Gasteiger partial charge on any atom is -0.302 e. The van der Waals surface area contributed by atoms with Crippen LogP contribution in [0.5, 0.6) is 0 Å². The van der Waals surface area contributed by atoms with Crippen molar-refractivity contribution < 1.29 is 119 Å². The summed E-state index contributed by atoms with van der Waals surface area (Å²) >= 11 is 0. The molecular formula is C15H9F24O3P. The molecule has 0 heterocycles. The maximum atomic E-state index is 13.6. The fourth-order valence-electron chi connectivity index (χ4n) is 2.16. The first-order chi connectivity index (χ1) is 18.3. The molecule has 0 bridgehead atoms. The van der Waals surface area contributed by atoms with Crippen LogP contribution in [0.2, 0.25) is 0 Å². The van der Waals surface area contributed by atoms with Gasteiger partial charge in [-0.2, -0.15) is 87.8 Å². The standard InChI is InChI=1S/C15H9F24O3P/c1-43(40,41-2-6(20,21)10(28,29)14(36,37)12(32,33)8(24,25)4(16)17)42-3-7(22,23)11(30,31)15(38,39)13(34,35)9(26,27)5(18)19/h4-5H,2-3H2,1H3. The zero-order chi connectivity index (χ0) is 35.5. The topological polar surface area (TPSA) is 35.5 Å². The quantitative estimate of drug-likeness (QED) is 0.118. The predicted octanol–water partition coefficient (Wildman–Crippen LogP) is 8.73. The third-order valence-corrected chi connectivity index (χ3v) is 6.04. The third kappa shape index (κ3) is 6.44. The van der Waals surface area contributed by atoms with E-state index in [1.54, 1.807) is 0 Å². The van der Waals surface area contributed by atoms with Crippen LogP contribution in [0.15, 0.2) is 0 Å². The molecule has 3 nitrogen and oxygen atoms in total. The first-order valence-electron chi connectivity index (χ1n) is 9.51. The summed E-state index contributed by atoms with van der Waals surface area (Å²) < 4.78 is 331. The van der Waals surface area contributed by atoms with Crippen LogP contribution in [0, 0.1) is 0 Å². The van der Waals surface area contributed by atoms with Crippen LogP contribution in [-0.4, -0.2) is 92.0 Å². The van der Waals surface area contributed by atoms with Crippen molar-refractivity contribution in [1.82, 2.24) is 0 Å². The number of hydrogen-bond donors (Lipinski definition) is 0. The maximum absolute atomic E-state index is 13.6. The third-order valence-electron chi connectivity index (χ3n) is 4.84. The Bertz CT molecular complexity index is 945. The molecule has 0 aliphatic rings. The summed E-state index contributed by atoms with van der Waals surface area (Å²) in [5, 5.41) is 0. The van der Waals surface area contributed by atoms with Crippen LogP contribution in [0.4, 0.5) is 105 Å². The Morgan fingerprint density at radius 3 is 0.837 bits per heavy atom. The average Bonchev–Trinajstić information content (AvgIpc) is 2.80. The Kier molecular flexibility index (Phi) is 11.0. The van der Waals surface area contributed by atoms with Gasteiger partial charge in [-0.3, -0.25) is 4.57 Å². The van der Waals surface area contributed by atoms with E-state index in [2.05, 4.69) is 9.05 Å². The Hall–Kier alpha value is -1.53. The van der Waals surface area contributed by atoms with Gasteiger partial charge in [0.15, 0.2) is 0 Å². The number of rotatable bonds is 16. The molecule has 260 valence electrons. The lowest BCUT2D eigenvalue weighted by Crippen LogP contribution is -2.69. The van der Waals surface area contributed by atoms with Crippen LogP contribution in [0.3, 0.4) is 0 Å². The SMILES string of the molecule is CP(=O)(OCC(F)(F)C(F)(F)C(F)(F)C(F)(F)C(F)(F)C(F)F)OCC(F)(F)C(F)(F)C(F)(F)C(F)(F)C(F)(F)C(F)F. The summed E-state index contributed by atoms with van der Waals surface area (Å²) in [7, 11) is -6.33. The summed E-state index contributed by atoms with van der Waals surface area (Å²) in [5.41, 5.74) is 0. The lowest BCUT2D eigenvalue weighted by molar-refractivity contribution is -0.415. The highest BCUT2D eigenvalue weighted by atomic mass is 31.2. The van der Waals surface area contributed by atoms with Gasteiger partial charge in [0, 0.05) is 6.66 Å². The van der Waals surface area contributed by atoms with E-state index in [1.807, 2.05) is 0 Å². The van der Waals surface area contributed by atoms with E-state index >= 15 is 0 Å². The van der Waals surface area contributed by atoms with Crippen molar-refractivity contribution in [3.05, 3.63) is 0 Å². The molecule has 0 amide bonds. The second-order valence-corrected chi connectivity index (χ2v) is 10.1. The molecule has 0 aromatic heterocycles. The minimum absolute atomic E-state index is 0.606. The number of hydrogen-bond acceptors (Lipinski definition) is 3. The highest BCUT2D eigenvalue weighted by molar-refractivity contribution is 7.52. The fourth-order valence-corrected chi connectivity index (χ4v) is 3.03. The molecule has 0 aliphatic heterocycles. The lowest BCUT2D eigenvalue weighted by atomic mass is 9.95. The van der Waals surface area contributed by atoms with Crippen molar-refractivity contribution in [1.29, 1.82) is 0 Å². The second kappa shape index (κ2) is 11.4. The fraction of sp³-hybridized carbons (Fsp3) is 1.00. The number of halogens is 24. The van der Waals surface area contributed by atoms with Gasteiger partial charge in [0.25, 0.3) is 0 Å². The number of alkyl halides is 24. The summed E-state index contributed by atoms with van der Waals surface area (Å²) in [4.78, 5) is 0. The van der Waals surface area contributed by atoms with Crippen LogP contribution in [-0.2, 0) is 13.6 Å². The zero-order valence-electron chi connectivity index (χ0n) is 19.3. The smallest absolute Gasteiger partial charge is 0.302 e. The van der Waals surface area contributed by atoms with Crippen LogP contribution in [0.1, 0.15) is 0 Å². The summed E-state index contributed by atoms with van der Waals surface area (Å²) in [6.45, 7) is -8.28. The van der Waals surface area contributed by atoms with Gasteiger partial charge in [-0.15, -0.1) is 0 Å². The largest absolute Gasteiger partial charge is 0.384 e. The molecule has 0 atom stereocenters. The van der Waals surface area contributed by atoms with E-state index in [4.69, 9.17) is 0 Å². The van der Waals surface area contributed by atoms with E-state index in [0.29, 0.717) is 0 Å². The van der Waals surface area contributed by atoms with Gasteiger partial charge < -0.3 is 9.05 Å². The van der Waals surface area contributed by atoms with Gasteiger partial charge in [-0.05, 0) is 0 Å². The molecular weight excluding hydrogens is 715 g/mol. The highest BCUT2D eigenvalue weighted by Gasteiger charge is 2.89. The second-order valence-electron chi connectivity index (χ2n) is 8.02. The molecule has 0 spiro atoms. The van der Waals surface area contributed by atoms with Gasteiger partial charge in [0.1, 0.15) is 13.2 Å². The molecule has 28 heteroatoms.